The molecule has 1 N–H and O–H groups in total. The fourth-order valence-electron chi connectivity index (χ4n) is 1.63. The predicted octanol–water partition coefficient (Wildman–Crippen LogP) is 1.43. The summed E-state index contributed by atoms with van der Waals surface area (Å²) in [6.07, 6.45) is 1.01. The summed E-state index contributed by atoms with van der Waals surface area (Å²) in [5, 5.41) is 9.33. The van der Waals surface area contributed by atoms with Gasteiger partial charge in [-0.2, -0.15) is 0 Å². The van der Waals surface area contributed by atoms with Crippen LogP contribution in [-0.2, 0) is 17.8 Å². The van der Waals surface area contributed by atoms with Crippen LogP contribution in [0.25, 0.3) is 0 Å². The third-order valence-electron chi connectivity index (χ3n) is 2.50. The summed E-state index contributed by atoms with van der Waals surface area (Å²) in [4.78, 5) is 27.0. The van der Waals surface area contributed by atoms with Crippen LogP contribution < -0.4 is 5.56 Å². The lowest BCUT2D eigenvalue weighted by atomic mass is 10.3. The van der Waals surface area contributed by atoms with E-state index in [2.05, 4.69) is 4.98 Å². The Morgan fingerprint density at radius 1 is 1.53 bits per heavy atom. The van der Waals surface area contributed by atoms with Gasteiger partial charge in [-0.05, 0) is 13.0 Å². The van der Waals surface area contributed by atoms with Crippen molar-refractivity contribution in [3.05, 3.63) is 50.1 Å². The number of hydrogen-bond acceptors (Lipinski definition) is 4. The maximum Gasteiger partial charge on any atom is 0.308 e. The minimum atomic E-state index is -0.929. The Morgan fingerprint density at radius 3 is 2.95 bits per heavy atom. The van der Waals surface area contributed by atoms with Crippen molar-refractivity contribution >= 4 is 17.3 Å². The van der Waals surface area contributed by atoms with E-state index in [0.29, 0.717) is 15.6 Å². The molecule has 0 amide bonds. The summed E-state index contributed by atoms with van der Waals surface area (Å²) < 4.78 is 14.3. The van der Waals surface area contributed by atoms with Crippen molar-refractivity contribution in [3.8, 4) is 0 Å². The van der Waals surface area contributed by atoms with Crippen LogP contribution in [-0.4, -0.2) is 20.6 Å². The molecule has 0 bridgehead atoms. The molecule has 0 fully saturated rings. The summed E-state index contributed by atoms with van der Waals surface area (Å²) in [6.45, 7) is 1.86. The summed E-state index contributed by atoms with van der Waals surface area (Å²) in [6, 6.07) is 2.25. The summed E-state index contributed by atoms with van der Waals surface area (Å²) >= 11 is 1.22. The molecular formula is C12H11FN2O3S. The molecule has 0 radical (unpaired) electrons. The molecule has 0 aromatic carbocycles. The van der Waals surface area contributed by atoms with Gasteiger partial charge in [0.1, 0.15) is 10.8 Å². The van der Waals surface area contributed by atoms with Crippen LogP contribution in [0, 0.1) is 12.7 Å². The number of carboxylic acid groups (broad SMARTS) is 1. The Bertz CT molecular complexity index is 678. The Kier molecular flexibility index (Phi) is 3.75. The second kappa shape index (κ2) is 5.31. The van der Waals surface area contributed by atoms with Crippen LogP contribution in [0.15, 0.2) is 23.1 Å². The first-order valence-corrected chi connectivity index (χ1v) is 6.30. The number of pyridine rings is 1. The molecule has 0 aliphatic carbocycles. The van der Waals surface area contributed by atoms with Gasteiger partial charge >= 0.3 is 5.97 Å². The van der Waals surface area contributed by atoms with Gasteiger partial charge in [-0.25, -0.2) is 9.37 Å². The fourth-order valence-corrected chi connectivity index (χ4v) is 2.69. The lowest BCUT2D eigenvalue weighted by molar-refractivity contribution is -0.136. The van der Waals surface area contributed by atoms with E-state index < -0.39 is 11.8 Å². The molecule has 2 rings (SSSR count). The summed E-state index contributed by atoms with van der Waals surface area (Å²) in [5.41, 5.74) is 0.306. The molecule has 0 unspecified atom stereocenters. The standard InChI is InChI=1S/C12H11FN2O3S/c1-7-9(4-12(17)18)19-10(14-7)6-15-5-8(13)2-3-11(15)16/h2-3,5H,4,6H2,1H3,(H,17,18). The van der Waals surface area contributed by atoms with Gasteiger partial charge in [0.15, 0.2) is 0 Å². The number of carboxylic acids is 1. The molecule has 0 aliphatic rings. The van der Waals surface area contributed by atoms with Gasteiger partial charge in [-0.15, -0.1) is 11.3 Å². The van der Waals surface area contributed by atoms with E-state index in [1.54, 1.807) is 6.92 Å². The second-order valence-electron chi connectivity index (χ2n) is 4.00. The quantitative estimate of drug-likeness (QED) is 0.920. The highest BCUT2D eigenvalue weighted by Crippen LogP contribution is 2.19. The van der Waals surface area contributed by atoms with E-state index in [9.17, 15) is 14.0 Å². The van der Waals surface area contributed by atoms with Crippen LogP contribution in [0.4, 0.5) is 4.39 Å². The Hall–Kier alpha value is -2.02. The van der Waals surface area contributed by atoms with Crippen LogP contribution in [0.1, 0.15) is 15.6 Å². The highest BCUT2D eigenvalue weighted by atomic mass is 32.1. The summed E-state index contributed by atoms with van der Waals surface area (Å²) in [7, 11) is 0. The first kappa shape index (κ1) is 13.4. The van der Waals surface area contributed by atoms with E-state index in [-0.39, 0.29) is 18.5 Å². The van der Waals surface area contributed by atoms with E-state index in [1.807, 2.05) is 0 Å². The monoisotopic (exact) mass is 282 g/mol. The average Bonchev–Trinajstić information content (AvgIpc) is 2.64. The van der Waals surface area contributed by atoms with Crippen molar-refractivity contribution in [3.63, 3.8) is 0 Å². The largest absolute Gasteiger partial charge is 0.481 e. The van der Waals surface area contributed by atoms with Gasteiger partial charge < -0.3 is 9.67 Å². The zero-order chi connectivity index (χ0) is 14.0. The van der Waals surface area contributed by atoms with Gasteiger partial charge in [-0.3, -0.25) is 9.59 Å². The van der Waals surface area contributed by atoms with Crippen LogP contribution in [0.5, 0.6) is 0 Å². The molecular weight excluding hydrogens is 271 g/mol. The Balaban J connectivity index is 2.26. The lowest BCUT2D eigenvalue weighted by Gasteiger charge is -2.01. The smallest absolute Gasteiger partial charge is 0.308 e. The first-order valence-electron chi connectivity index (χ1n) is 5.48. The van der Waals surface area contributed by atoms with E-state index in [4.69, 9.17) is 5.11 Å². The number of halogens is 1. The number of aryl methyl sites for hydroxylation is 1. The molecule has 7 heteroatoms. The highest BCUT2D eigenvalue weighted by molar-refractivity contribution is 7.11. The summed E-state index contributed by atoms with van der Waals surface area (Å²) in [5.74, 6) is -1.43. The molecule has 2 aromatic rings. The average molecular weight is 282 g/mol. The zero-order valence-electron chi connectivity index (χ0n) is 10.1. The van der Waals surface area contributed by atoms with Crippen LogP contribution >= 0.6 is 11.3 Å². The molecule has 0 saturated heterocycles. The molecule has 0 aliphatic heterocycles. The van der Waals surface area contributed by atoms with Crippen LogP contribution in [0.2, 0.25) is 0 Å². The number of carbonyl (C=O) groups is 1. The predicted molar refractivity (Wildman–Crippen MR) is 68.0 cm³/mol. The SMILES string of the molecule is Cc1nc(Cn2cc(F)ccc2=O)sc1CC(=O)O. The number of thiazole rings is 1. The number of nitrogens with zero attached hydrogens (tertiary/aromatic N) is 2. The van der Waals surface area contributed by atoms with Crippen molar-refractivity contribution in [2.45, 2.75) is 19.9 Å². The van der Waals surface area contributed by atoms with Gasteiger partial charge in [0.2, 0.25) is 0 Å². The maximum absolute atomic E-state index is 13.1. The number of rotatable bonds is 4. The third kappa shape index (κ3) is 3.25. The third-order valence-corrected chi connectivity index (χ3v) is 3.64. The van der Waals surface area contributed by atoms with Crippen molar-refractivity contribution in [1.29, 1.82) is 0 Å². The normalized spacial score (nSPS) is 10.6. The fraction of sp³-hybridized carbons (Fsp3) is 0.250. The van der Waals surface area contributed by atoms with Gasteiger partial charge in [0, 0.05) is 17.1 Å². The lowest BCUT2D eigenvalue weighted by Crippen LogP contribution is -2.19. The van der Waals surface area contributed by atoms with Crippen molar-refractivity contribution in [2.75, 3.05) is 0 Å². The maximum atomic E-state index is 13.1. The van der Waals surface area contributed by atoms with Crippen molar-refractivity contribution in [1.82, 2.24) is 9.55 Å². The van der Waals surface area contributed by atoms with Crippen LogP contribution in [0.3, 0.4) is 0 Å². The van der Waals surface area contributed by atoms with Crippen molar-refractivity contribution < 1.29 is 14.3 Å². The first-order chi connectivity index (χ1) is 8.95. The Labute approximate surface area is 112 Å². The minimum absolute atomic E-state index is 0.0957. The number of aliphatic carboxylic acids is 1. The molecule has 100 valence electrons. The van der Waals surface area contributed by atoms with E-state index >= 15 is 0 Å². The minimum Gasteiger partial charge on any atom is -0.481 e. The molecule has 0 saturated carbocycles. The molecule has 2 heterocycles. The number of aromatic nitrogens is 2. The number of hydrogen-bond donors (Lipinski definition) is 1. The van der Waals surface area contributed by atoms with E-state index in [1.165, 1.54) is 15.9 Å². The van der Waals surface area contributed by atoms with Gasteiger partial charge in [0.25, 0.3) is 5.56 Å². The van der Waals surface area contributed by atoms with Gasteiger partial charge in [0.05, 0.1) is 18.7 Å². The molecule has 5 nitrogen and oxygen atoms in total. The second-order valence-corrected chi connectivity index (χ2v) is 5.17. The van der Waals surface area contributed by atoms with Gasteiger partial charge in [-0.1, -0.05) is 0 Å². The van der Waals surface area contributed by atoms with Crippen molar-refractivity contribution in [2.24, 2.45) is 0 Å². The molecule has 0 atom stereocenters. The molecule has 0 spiro atoms. The topological polar surface area (TPSA) is 72.2 Å². The molecule has 2 aromatic heterocycles. The zero-order valence-corrected chi connectivity index (χ0v) is 10.9. The molecule has 19 heavy (non-hydrogen) atoms. The Morgan fingerprint density at radius 2 is 2.26 bits per heavy atom. The van der Waals surface area contributed by atoms with E-state index in [0.717, 1.165) is 18.3 Å². The highest BCUT2D eigenvalue weighted by Gasteiger charge is 2.11.